The molecule has 3 aromatic rings. The first kappa shape index (κ1) is 17.5. The first-order chi connectivity index (χ1) is 12.1. The van der Waals surface area contributed by atoms with Crippen LogP contribution >= 0.6 is 23.8 Å². The molecule has 0 saturated heterocycles. The minimum Gasteiger partial charge on any atom is -0.352 e. The number of halogens is 1. The standard InChI is InChI=1S/C21H19ClN2S/c1-15-8-7-11-17(14-15)20(16-9-3-2-4-10-16)24-21(25)23-19-13-6-5-12-18(19)22/h2-14,20H,1H3,(H2,23,24,25)/t20-/m0/s1. The second-order valence-electron chi connectivity index (χ2n) is 5.84. The Morgan fingerprint density at radius 2 is 1.56 bits per heavy atom. The van der Waals surface area contributed by atoms with Crippen LogP contribution < -0.4 is 10.6 Å². The van der Waals surface area contributed by atoms with Crippen molar-refractivity contribution in [3.05, 3.63) is 101 Å². The molecule has 0 aromatic heterocycles. The molecule has 0 fully saturated rings. The van der Waals surface area contributed by atoms with Crippen LogP contribution in [0.25, 0.3) is 0 Å². The van der Waals surface area contributed by atoms with Gasteiger partial charge in [0.2, 0.25) is 0 Å². The molecule has 0 aliphatic rings. The molecule has 0 aliphatic carbocycles. The second kappa shape index (κ2) is 8.15. The van der Waals surface area contributed by atoms with Gasteiger partial charge < -0.3 is 10.6 Å². The number of rotatable bonds is 4. The van der Waals surface area contributed by atoms with Crippen LogP contribution in [0.5, 0.6) is 0 Å². The smallest absolute Gasteiger partial charge is 0.171 e. The Morgan fingerprint density at radius 1 is 0.880 bits per heavy atom. The molecule has 0 amide bonds. The van der Waals surface area contributed by atoms with Crippen molar-refractivity contribution in [3.8, 4) is 0 Å². The van der Waals surface area contributed by atoms with Crippen LogP contribution in [0.4, 0.5) is 5.69 Å². The maximum absolute atomic E-state index is 6.21. The van der Waals surface area contributed by atoms with Crippen LogP contribution in [0.3, 0.4) is 0 Å². The molecule has 2 N–H and O–H groups in total. The molecule has 0 spiro atoms. The zero-order valence-corrected chi connectivity index (χ0v) is 15.4. The van der Waals surface area contributed by atoms with Gasteiger partial charge in [0.15, 0.2) is 5.11 Å². The molecule has 1 atom stereocenters. The quantitative estimate of drug-likeness (QED) is 0.577. The van der Waals surface area contributed by atoms with Gasteiger partial charge in [0.25, 0.3) is 0 Å². The lowest BCUT2D eigenvalue weighted by Gasteiger charge is -2.22. The van der Waals surface area contributed by atoms with Gasteiger partial charge in [-0.15, -0.1) is 0 Å². The van der Waals surface area contributed by atoms with Crippen molar-refractivity contribution in [1.29, 1.82) is 0 Å². The minimum atomic E-state index is -0.0383. The van der Waals surface area contributed by atoms with Gasteiger partial charge in [-0.1, -0.05) is 83.9 Å². The average Bonchev–Trinajstić information content (AvgIpc) is 2.62. The van der Waals surface area contributed by atoms with Gasteiger partial charge >= 0.3 is 0 Å². The number of nitrogens with one attached hydrogen (secondary N) is 2. The molecule has 0 saturated carbocycles. The molecule has 3 aromatic carbocycles. The molecule has 2 nitrogen and oxygen atoms in total. The molecular weight excluding hydrogens is 348 g/mol. The fraction of sp³-hybridized carbons (Fsp3) is 0.0952. The maximum Gasteiger partial charge on any atom is 0.171 e. The molecule has 4 heteroatoms. The summed E-state index contributed by atoms with van der Waals surface area (Å²) in [5.74, 6) is 0. The van der Waals surface area contributed by atoms with Crippen molar-refractivity contribution < 1.29 is 0 Å². The van der Waals surface area contributed by atoms with E-state index in [1.54, 1.807) is 0 Å². The molecular formula is C21H19ClN2S. The first-order valence-corrected chi connectivity index (χ1v) is 8.85. The van der Waals surface area contributed by atoms with E-state index in [2.05, 4.69) is 54.0 Å². The molecule has 25 heavy (non-hydrogen) atoms. The normalized spacial score (nSPS) is 11.6. The van der Waals surface area contributed by atoms with Gasteiger partial charge in [-0.3, -0.25) is 0 Å². The molecule has 3 rings (SSSR count). The average molecular weight is 367 g/mol. The van der Waals surface area contributed by atoms with E-state index in [1.165, 1.54) is 5.56 Å². The highest BCUT2D eigenvalue weighted by Crippen LogP contribution is 2.24. The summed E-state index contributed by atoms with van der Waals surface area (Å²) in [5.41, 5.74) is 4.31. The maximum atomic E-state index is 6.21. The van der Waals surface area contributed by atoms with Crippen molar-refractivity contribution >= 4 is 34.6 Å². The van der Waals surface area contributed by atoms with E-state index in [4.69, 9.17) is 23.8 Å². The number of aryl methyl sites for hydroxylation is 1. The number of anilines is 1. The summed E-state index contributed by atoms with van der Waals surface area (Å²) in [5, 5.41) is 7.77. The summed E-state index contributed by atoms with van der Waals surface area (Å²) in [4.78, 5) is 0. The minimum absolute atomic E-state index is 0.0383. The number of hydrogen-bond donors (Lipinski definition) is 2. The van der Waals surface area contributed by atoms with E-state index in [9.17, 15) is 0 Å². The number of hydrogen-bond acceptors (Lipinski definition) is 1. The van der Waals surface area contributed by atoms with E-state index in [-0.39, 0.29) is 6.04 Å². The Labute approximate surface area is 158 Å². The van der Waals surface area contributed by atoms with Gasteiger partial charge in [-0.2, -0.15) is 0 Å². The summed E-state index contributed by atoms with van der Waals surface area (Å²) in [6.45, 7) is 2.09. The summed E-state index contributed by atoms with van der Waals surface area (Å²) >= 11 is 11.7. The summed E-state index contributed by atoms with van der Waals surface area (Å²) in [6.07, 6.45) is 0. The van der Waals surface area contributed by atoms with Crippen LogP contribution in [0.1, 0.15) is 22.7 Å². The largest absolute Gasteiger partial charge is 0.352 e. The third kappa shape index (κ3) is 4.59. The molecule has 0 radical (unpaired) electrons. The van der Waals surface area contributed by atoms with E-state index in [0.29, 0.717) is 10.1 Å². The Balaban J connectivity index is 1.85. The fourth-order valence-electron chi connectivity index (χ4n) is 2.71. The summed E-state index contributed by atoms with van der Waals surface area (Å²) in [6, 6.07) is 26.2. The summed E-state index contributed by atoms with van der Waals surface area (Å²) in [7, 11) is 0. The number of thiocarbonyl (C=S) groups is 1. The second-order valence-corrected chi connectivity index (χ2v) is 6.65. The predicted molar refractivity (Wildman–Crippen MR) is 110 cm³/mol. The lowest BCUT2D eigenvalue weighted by Crippen LogP contribution is -2.33. The highest BCUT2D eigenvalue weighted by Gasteiger charge is 2.15. The van der Waals surface area contributed by atoms with Crippen LogP contribution in [0.2, 0.25) is 5.02 Å². The third-order valence-electron chi connectivity index (χ3n) is 3.91. The van der Waals surface area contributed by atoms with Crippen LogP contribution in [-0.4, -0.2) is 5.11 Å². The Kier molecular flexibility index (Phi) is 5.69. The third-order valence-corrected chi connectivity index (χ3v) is 4.46. The van der Waals surface area contributed by atoms with E-state index in [1.807, 2.05) is 42.5 Å². The summed E-state index contributed by atoms with van der Waals surface area (Å²) < 4.78 is 0. The Hall–Kier alpha value is -2.36. The predicted octanol–water partition coefficient (Wildman–Crippen LogP) is 5.72. The van der Waals surface area contributed by atoms with Gasteiger partial charge in [-0.25, -0.2) is 0 Å². The number of benzene rings is 3. The van der Waals surface area contributed by atoms with Crippen molar-refractivity contribution in [2.45, 2.75) is 13.0 Å². The van der Waals surface area contributed by atoms with Gasteiger partial charge in [0.05, 0.1) is 16.8 Å². The molecule has 0 bridgehead atoms. The van der Waals surface area contributed by atoms with Gasteiger partial charge in [0.1, 0.15) is 0 Å². The van der Waals surface area contributed by atoms with E-state index >= 15 is 0 Å². The lowest BCUT2D eigenvalue weighted by molar-refractivity contribution is 0.768. The van der Waals surface area contributed by atoms with Crippen molar-refractivity contribution in [3.63, 3.8) is 0 Å². The Morgan fingerprint density at radius 3 is 2.28 bits per heavy atom. The number of para-hydroxylation sites is 1. The molecule has 0 aliphatic heterocycles. The highest BCUT2D eigenvalue weighted by atomic mass is 35.5. The SMILES string of the molecule is Cc1cccc([C@@H](NC(=S)Nc2ccccc2Cl)c2ccccc2)c1. The zero-order valence-electron chi connectivity index (χ0n) is 13.9. The van der Waals surface area contributed by atoms with Crippen molar-refractivity contribution in [2.24, 2.45) is 0 Å². The fourth-order valence-corrected chi connectivity index (χ4v) is 3.12. The lowest BCUT2D eigenvalue weighted by atomic mass is 9.97. The molecule has 0 unspecified atom stereocenters. The van der Waals surface area contributed by atoms with Crippen molar-refractivity contribution in [1.82, 2.24) is 5.32 Å². The van der Waals surface area contributed by atoms with Gasteiger partial charge in [0, 0.05) is 0 Å². The molecule has 126 valence electrons. The zero-order chi connectivity index (χ0) is 17.6. The Bertz CT molecular complexity index is 865. The first-order valence-electron chi connectivity index (χ1n) is 8.07. The molecule has 0 heterocycles. The van der Waals surface area contributed by atoms with Crippen LogP contribution in [0, 0.1) is 6.92 Å². The monoisotopic (exact) mass is 366 g/mol. The van der Waals surface area contributed by atoms with Crippen LogP contribution in [0.15, 0.2) is 78.9 Å². The highest BCUT2D eigenvalue weighted by molar-refractivity contribution is 7.80. The van der Waals surface area contributed by atoms with Crippen LogP contribution in [-0.2, 0) is 0 Å². The van der Waals surface area contributed by atoms with E-state index in [0.717, 1.165) is 16.8 Å². The topological polar surface area (TPSA) is 24.1 Å². The van der Waals surface area contributed by atoms with Crippen molar-refractivity contribution in [2.75, 3.05) is 5.32 Å². The van der Waals surface area contributed by atoms with Gasteiger partial charge in [-0.05, 0) is 42.4 Å². The van der Waals surface area contributed by atoms with E-state index < -0.39 is 0 Å².